The number of hydrogen-bond donors (Lipinski definition) is 3. The minimum Gasteiger partial charge on any atom is -0.356 e. The molecule has 0 radical (unpaired) electrons. The third-order valence-electron chi connectivity index (χ3n) is 3.66. The molecule has 1 amide bonds. The summed E-state index contributed by atoms with van der Waals surface area (Å²) >= 11 is 1.70. The number of guanidine groups is 1. The Morgan fingerprint density at radius 1 is 0.963 bits per heavy atom. The molecule has 0 heterocycles. The first-order chi connectivity index (χ1) is 13.2. The van der Waals surface area contributed by atoms with E-state index in [4.69, 9.17) is 0 Å². The van der Waals surface area contributed by atoms with E-state index in [-0.39, 0.29) is 11.7 Å². The van der Waals surface area contributed by atoms with E-state index >= 15 is 0 Å². The topological polar surface area (TPSA) is 65.5 Å². The molecule has 0 fully saturated rings. The molecule has 0 saturated heterocycles. The minimum absolute atomic E-state index is 0.0850. The molecule has 0 spiro atoms. The lowest BCUT2D eigenvalue weighted by Gasteiger charge is -2.12. The molecule has 0 saturated carbocycles. The molecule has 0 bridgehead atoms. The number of rotatable bonds is 9. The van der Waals surface area contributed by atoms with E-state index in [1.54, 1.807) is 43.1 Å². The fourth-order valence-corrected chi connectivity index (χ4v) is 3.12. The largest absolute Gasteiger partial charge is 0.356 e. The quantitative estimate of drug-likeness (QED) is 0.267. The Labute approximate surface area is 163 Å². The Balaban J connectivity index is 1.55. The number of nitrogens with one attached hydrogen (secondary N) is 3. The first-order valence-electron chi connectivity index (χ1n) is 8.85. The number of benzene rings is 2. The number of carbonyl (C=O) groups excluding carboxylic acids is 1. The molecule has 2 rings (SSSR count). The summed E-state index contributed by atoms with van der Waals surface area (Å²) in [5.41, 5.74) is 0.652. The van der Waals surface area contributed by atoms with Crippen molar-refractivity contribution in [3.63, 3.8) is 0 Å². The maximum atomic E-state index is 12.9. The zero-order valence-electron chi connectivity index (χ0n) is 15.4. The predicted octanol–water partition coefficient (Wildman–Crippen LogP) is 2.90. The number of hydrogen-bond acceptors (Lipinski definition) is 3. The van der Waals surface area contributed by atoms with Crippen molar-refractivity contribution in [3.05, 3.63) is 66.0 Å². The van der Waals surface area contributed by atoms with Gasteiger partial charge in [0.25, 0.3) is 5.91 Å². The van der Waals surface area contributed by atoms with Crippen LogP contribution in [0.25, 0.3) is 0 Å². The van der Waals surface area contributed by atoms with Crippen LogP contribution in [-0.4, -0.2) is 44.3 Å². The van der Waals surface area contributed by atoms with Crippen LogP contribution >= 0.6 is 11.8 Å². The Hall–Kier alpha value is -2.54. The molecular weight excluding hydrogens is 363 g/mol. The summed E-state index contributed by atoms with van der Waals surface area (Å²) in [5.74, 6) is 1.34. The fraction of sp³-hybridized carbons (Fsp3) is 0.300. The van der Waals surface area contributed by atoms with Crippen molar-refractivity contribution in [2.75, 3.05) is 32.4 Å². The van der Waals surface area contributed by atoms with Gasteiger partial charge in [0, 0.05) is 37.1 Å². The normalized spacial score (nSPS) is 11.1. The molecule has 0 aliphatic rings. The van der Waals surface area contributed by atoms with Crippen molar-refractivity contribution in [3.8, 4) is 0 Å². The van der Waals surface area contributed by atoms with Gasteiger partial charge >= 0.3 is 0 Å². The molecule has 27 heavy (non-hydrogen) atoms. The van der Waals surface area contributed by atoms with E-state index in [0.717, 1.165) is 23.6 Å². The van der Waals surface area contributed by atoms with Crippen LogP contribution in [0.4, 0.5) is 4.39 Å². The average Bonchev–Trinajstić information content (AvgIpc) is 2.71. The smallest absolute Gasteiger partial charge is 0.251 e. The summed E-state index contributed by atoms with van der Waals surface area (Å²) in [5, 5.41) is 9.27. The zero-order valence-corrected chi connectivity index (χ0v) is 16.2. The van der Waals surface area contributed by atoms with E-state index in [9.17, 15) is 9.18 Å². The third kappa shape index (κ3) is 8.13. The third-order valence-corrected chi connectivity index (χ3v) is 4.76. The van der Waals surface area contributed by atoms with Gasteiger partial charge in [-0.25, -0.2) is 4.39 Å². The Kier molecular flexibility index (Phi) is 9.20. The summed E-state index contributed by atoms with van der Waals surface area (Å²) in [4.78, 5) is 17.2. The summed E-state index contributed by atoms with van der Waals surface area (Å²) in [6.45, 7) is 1.88. The molecule has 5 nitrogen and oxygen atoms in total. The van der Waals surface area contributed by atoms with Gasteiger partial charge in [-0.2, -0.15) is 0 Å². The number of halogens is 1. The van der Waals surface area contributed by atoms with E-state index in [1.807, 2.05) is 18.2 Å². The van der Waals surface area contributed by atoms with Gasteiger partial charge in [0.1, 0.15) is 5.82 Å². The van der Waals surface area contributed by atoms with Gasteiger partial charge in [-0.3, -0.25) is 9.79 Å². The second-order valence-electron chi connectivity index (χ2n) is 5.70. The number of aliphatic imine (C=N–C) groups is 1. The summed E-state index contributed by atoms with van der Waals surface area (Å²) in [6.07, 6.45) is 0.952. The van der Waals surface area contributed by atoms with Gasteiger partial charge in [-0.1, -0.05) is 18.2 Å². The number of thioether (sulfide) groups is 1. The highest BCUT2D eigenvalue weighted by atomic mass is 32.2. The van der Waals surface area contributed by atoms with Crippen LogP contribution in [-0.2, 0) is 0 Å². The van der Waals surface area contributed by atoms with Crippen molar-refractivity contribution >= 4 is 23.6 Å². The van der Waals surface area contributed by atoms with Gasteiger partial charge in [-0.05, 0) is 48.6 Å². The maximum Gasteiger partial charge on any atom is 0.251 e. The van der Waals surface area contributed by atoms with Crippen LogP contribution in [0, 0.1) is 5.82 Å². The maximum absolute atomic E-state index is 12.9. The lowest BCUT2D eigenvalue weighted by molar-refractivity contribution is 0.0954. The van der Waals surface area contributed by atoms with Crippen molar-refractivity contribution < 1.29 is 9.18 Å². The molecule has 2 aromatic rings. The highest BCUT2D eigenvalue weighted by Gasteiger charge is 2.03. The molecule has 7 heteroatoms. The molecule has 0 aliphatic heterocycles. The molecule has 0 aliphatic carbocycles. The summed E-state index contributed by atoms with van der Waals surface area (Å²) in [7, 11) is 1.71. The predicted molar refractivity (Wildman–Crippen MR) is 110 cm³/mol. The lowest BCUT2D eigenvalue weighted by Crippen LogP contribution is -2.41. The van der Waals surface area contributed by atoms with E-state index < -0.39 is 0 Å². The van der Waals surface area contributed by atoms with Gasteiger partial charge in [0.15, 0.2) is 5.96 Å². The van der Waals surface area contributed by atoms with Crippen LogP contribution in [0.2, 0.25) is 0 Å². The number of nitrogens with zero attached hydrogens (tertiary/aromatic N) is 1. The highest BCUT2D eigenvalue weighted by Crippen LogP contribution is 2.18. The van der Waals surface area contributed by atoms with Crippen molar-refractivity contribution in [1.29, 1.82) is 0 Å². The molecule has 2 aromatic carbocycles. The fourth-order valence-electron chi connectivity index (χ4n) is 2.27. The molecular formula is C20H25FN4OS. The van der Waals surface area contributed by atoms with Crippen LogP contribution in [0.5, 0.6) is 0 Å². The lowest BCUT2D eigenvalue weighted by atomic mass is 10.2. The number of amides is 1. The van der Waals surface area contributed by atoms with Crippen LogP contribution in [0.1, 0.15) is 16.8 Å². The Morgan fingerprint density at radius 3 is 2.33 bits per heavy atom. The summed E-state index contributed by atoms with van der Waals surface area (Å²) in [6, 6.07) is 15.7. The second kappa shape index (κ2) is 12.0. The van der Waals surface area contributed by atoms with Crippen LogP contribution < -0.4 is 16.0 Å². The molecule has 0 atom stereocenters. The zero-order chi connectivity index (χ0) is 19.3. The SMILES string of the molecule is CN=C(NCCCSc1ccc(F)cc1)NCCNC(=O)c1ccccc1. The molecule has 144 valence electrons. The minimum atomic E-state index is -0.212. The van der Waals surface area contributed by atoms with Gasteiger partial charge in [0.2, 0.25) is 0 Å². The molecule has 0 aromatic heterocycles. The van der Waals surface area contributed by atoms with Crippen molar-refractivity contribution in [1.82, 2.24) is 16.0 Å². The first kappa shape index (κ1) is 20.8. The molecule has 3 N–H and O–H groups in total. The highest BCUT2D eigenvalue weighted by molar-refractivity contribution is 7.99. The summed E-state index contributed by atoms with van der Waals surface area (Å²) < 4.78 is 12.9. The molecule has 0 unspecified atom stereocenters. The monoisotopic (exact) mass is 388 g/mol. The Morgan fingerprint density at radius 2 is 1.63 bits per heavy atom. The van der Waals surface area contributed by atoms with Crippen LogP contribution in [0.15, 0.2) is 64.5 Å². The van der Waals surface area contributed by atoms with E-state index in [0.29, 0.717) is 24.6 Å². The van der Waals surface area contributed by atoms with E-state index in [2.05, 4.69) is 20.9 Å². The van der Waals surface area contributed by atoms with E-state index in [1.165, 1.54) is 12.1 Å². The van der Waals surface area contributed by atoms with Gasteiger partial charge < -0.3 is 16.0 Å². The Bertz CT molecular complexity index is 723. The average molecular weight is 389 g/mol. The first-order valence-corrected chi connectivity index (χ1v) is 9.84. The van der Waals surface area contributed by atoms with Crippen molar-refractivity contribution in [2.24, 2.45) is 4.99 Å². The number of carbonyl (C=O) groups is 1. The van der Waals surface area contributed by atoms with Crippen LogP contribution in [0.3, 0.4) is 0 Å². The van der Waals surface area contributed by atoms with Gasteiger partial charge in [0.05, 0.1) is 0 Å². The van der Waals surface area contributed by atoms with Gasteiger partial charge in [-0.15, -0.1) is 11.8 Å². The second-order valence-corrected chi connectivity index (χ2v) is 6.87. The van der Waals surface area contributed by atoms with Crippen molar-refractivity contribution in [2.45, 2.75) is 11.3 Å². The standard InChI is InChI=1S/C20H25FN4OS/c1-22-20(24-12-5-15-27-18-10-8-17(21)9-11-18)25-14-13-23-19(26)16-6-3-2-4-7-16/h2-4,6-11H,5,12-15H2,1H3,(H,23,26)(H2,22,24,25).